The Hall–Kier alpha value is -0.970. The first-order valence-electron chi connectivity index (χ1n) is 9.06. The van der Waals surface area contributed by atoms with Crippen LogP contribution in [0.4, 0.5) is 0 Å². The SMILES string of the molecule is CC1=C[C@H]2[C@@]3(O)[C@H](C)C[C@@H]4[C@@H]([C@@H]3C=C(CO)C[C@]2(O)C1=O)C4(C)C. The van der Waals surface area contributed by atoms with E-state index in [4.69, 9.17) is 0 Å². The number of hydrogen-bond donors (Lipinski definition) is 3. The Balaban J connectivity index is 1.90. The summed E-state index contributed by atoms with van der Waals surface area (Å²) < 4.78 is 0. The maximum Gasteiger partial charge on any atom is 0.190 e. The number of aliphatic hydroxyl groups excluding tert-OH is 1. The van der Waals surface area contributed by atoms with Gasteiger partial charge in [0, 0.05) is 18.3 Å². The highest BCUT2D eigenvalue weighted by Crippen LogP contribution is 2.72. The summed E-state index contributed by atoms with van der Waals surface area (Å²) in [6.45, 7) is 8.06. The second kappa shape index (κ2) is 4.60. The minimum Gasteiger partial charge on any atom is -0.392 e. The fourth-order valence-electron chi connectivity index (χ4n) is 6.31. The van der Waals surface area contributed by atoms with Crippen molar-refractivity contribution in [1.82, 2.24) is 0 Å². The molecule has 0 radical (unpaired) electrons. The van der Waals surface area contributed by atoms with Gasteiger partial charge in [-0.05, 0) is 47.7 Å². The molecule has 0 bridgehead atoms. The number of carbonyl (C=O) groups is 1. The van der Waals surface area contributed by atoms with Gasteiger partial charge < -0.3 is 15.3 Å². The Morgan fingerprint density at radius 1 is 1.25 bits per heavy atom. The molecule has 7 atom stereocenters. The van der Waals surface area contributed by atoms with Crippen LogP contribution in [0.2, 0.25) is 0 Å². The van der Waals surface area contributed by atoms with Crippen LogP contribution in [-0.4, -0.2) is 38.9 Å². The largest absolute Gasteiger partial charge is 0.392 e. The van der Waals surface area contributed by atoms with E-state index < -0.39 is 17.1 Å². The first kappa shape index (κ1) is 16.5. The van der Waals surface area contributed by atoms with Crippen molar-refractivity contribution < 1.29 is 20.1 Å². The molecule has 0 spiro atoms. The van der Waals surface area contributed by atoms with Crippen molar-refractivity contribution in [1.29, 1.82) is 0 Å². The van der Waals surface area contributed by atoms with E-state index in [2.05, 4.69) is 13.8 Å². The van der Waals surface area contributed by atoms with Crippen LogP contribution in [0.1, 0.15) is 40.5 Å². The van der Waals surface area contributed by atoms with Crippen LogP contribution in [-0.2, 0) is 4.79 Å². The molecule has 0 unspecified atom stereocenters. The van der Waals surface area contributed by atoms with Crippen LogP contribution in [0.5, 0.6) is 0 Å². The van der Waals surface area contributed by atoms with Gasteiger partial charge in [-0.1, -0.05) is 32.9 Å². The second-order valence-electron chi connectivity index (χ2n) is 9.24. The van der Waals surface area contributed by atoms with Crippen LogP contribution >= 0.6 is 0 Å². The van der Waals surface area contributed by atoms with Gasteiger partial charge in [0.2, 0.25) is 0 Å². The number of carbonyl (C=O) groups excluding carboxylic acids is 1. The van der Waals surface area contributed by atoms with E-state index in [1.165, 1.54) is 0 Å². The monoisotopic (exact) mass is 332 g/mol. The van der Waals surface area contributed by atoms with Crippen molar-refractivity contribution in [3.63, 3.8) is 0 Å². The molecule has 4 aliphatic carbocycles. The lowest BCUT2D eigenvalue weighted by Crippen LogP contribution is -2.59. The molecule has 0 aliphatic heterocycles. The Morgan fingerprint density at radius 2 is 1.92 bits per heavy atom. The fourth-order valence-corrected chi connectivity index (χ4v) is 6.31. The van der Waals surface area contributed by atoms with Gasteiger partial charge in [-0.25, -0.2) is 0 Å². The minimum absolute atomic E-state index is 0.00806. The van der Waals surface area contributed by atoms with Gasteiger partial charge >= 0.3 is 0 Å². The third-order valence-electron chi connectivity index (χ3n) is 7.75. The minimum atomic E-state index is -1.62. The summed E-state index contributed by atoms with van der Waals surface area (Å²) in [6, 6.07) is 0. The first-order valence-corrected chi connectivity index (χ1v) is 9.06. The summed E-state index contributed by atoms with van der Waals surface area (Å²) >= 11 is 0. The zero-order valence-corrected chi connectivity index (χ0v) is 14.9. The molecule has 4 nitrogen and oxygen atoms in total. The van der Waals surface area contributed by atoms with Gasteiger partial charge in [0.25, 0.3) is 0 Å². The Labute approximate surface area is 143 Å². The molecular formula is C20H28O4. The smallest absolute Gasteiger partial charge is 0.190 e. The summed E-state index contributed by atoms with van der Waals surface area (Å²) in [4.78, 5) is 12.7. The maximum atomic E-state index is 12.7. The van der Waals surface area contributed by atoms with E-state index in [0.29, 0.717) is 23.0 Å². The van der Waals surface area contributed by atoms with Crippen molar-refractivity contribution >= 4 is 5.78 Å². The molecular weight excluding hydrogens is 304 g/mol. The van der Waals surface area contributed by atoms with Crippen molar-refractivity contribution in [3.8, 4) is 0 Å². The highest BCUT2D eigenvalue weighted by molar-refractivity contribution is 6.04. The summed E-state index contributed by atoms with van der Waals surface area (Å²) in [6.07, 6.45) is 4.80. The first-order chi connectivity index (χ1) is 11.1. The third-order valence-corrected chi connectivity index (χ3v) is 7.75. The predicted molar refractivity (Wildman–Crippen MR) is 90.0 cm³/mol. The number of rotatable bonds is 1. The van der Waals surface area contributed by atoms with Gasteiger partial charge in [0.05, 0.1) is 12.2 Å². The number of ketones is 1. The van der Waals surface area contributed by atoms with Gasteiger partial charge in [-0.15, -0.1) is 0 Å². The molecule has 132 valence electrons. The molecule has 0 amide bonds. The molecule has 0 heterocycles. The molecule has 0 aromatic rings. The topological polar surface area (TPSA) is 77.8 Å². The quantitative estimate of drug-likeness (QED) is 0.640. The van der Waals surface area contributed by atoms with Crippen molar-refractivity contribution in [3.05, 3.63) is 23.3 Å². The summed E-state index contributed by atoms with van der Waals surface area (Å²) in [5.74, 6) is -0.140. The highest BCUT2D eigenvalue weighted by atomic mass is 16.3. The fraction of sp³-hybridized carbons (Fsp3) is 0.750. The van der Waals surface area contributed by atoms with Crippen molar-refractivity contribution in [2.24, 2.45) is 35.0 Å². The Morgan fingerprint density at radius 3 is 2.54 bits per heavy atom. The standard InChI is InChI=1S/C20H28O4/c1-10-5-15-19(23,17(10)22)8-12(9-21)7-14-16-13(18(16,3)4)6-11(2)20(14,15)24/h5,7,11,13-16,21,23-24H,6,8-9H2,1-4H3/t11-,13-,14+,15-,16+,19-,20-/m1/s1. The second-order valence-corrected chi connectivity index (χ2v) is 9.24. The van der Waals surface area contributed by atoms with Gasteiger partial charge in [0.1, 0.15) is 5.60 Å². The molecule has 2 fully saturated rings. The number of aliphatic hydroxyl groups is 3. The molecule has 0 saturated heterocycles. The van der Waals surface area contributed by atoms with E-state index in [9.17, 15) is 20.1 Å². The normalized spacial score (nSPS) is 51.8. The average molecular weight is 332 g/mol. The number of Topliss-reactive ketones (excluding diaryl/α,β-unsaturated/α-hetero) is 1. The zero-order valence-electron chi connectivity index (χ0n) is 14.9. The van der Waals surface area contributed by atoms with E-state index in [-0.39, 0.29) is 36.1 Å². The lowest BCUT2D eigenvalue weighted by Gasteiger charge is -2.49. The summed E-state index contributed by atoms with van der Waals surface area (Å²) in [5.41, 5.74) is -1.41. The maximum absolute atomic E-state index is 12.7. The lowest BCUT2D eigenvalue weighted by molar-refractivity contribution is -0.168. The van der Waals surface area contributed by atoms with Crippen LogP contribution in [0.15, 0.2) is 23.3 Å². The van der Waals surface area contributed by atoms with Crippen LogP contribution in [0.3, 0.4) is 0 Å². The van der Waals surface area contributed by atoms with Crippen molar-refractivity contribution in [2.45, 2.75) is 51.7 Å². The van der Waals surface area contributed by atoms with Gasteiger partial charge in [0.15, 0.2) is 5.78 Å². The Kier molecular flexibility index (Phi) is 3.16. The predicted octanol–water partition coefficient (Wildman–Crippen LogP) is 1.84. The molecule has 0 aromatic heterocycles. The molecule has 4 rings (SSSR count). The van der Waals surface area contributed by atoms with E-state index >= 15 is 0 Å². The van der Waals surface area contributed by atoms with Crippen molar-refractivity contribution in [2.75, 3.05) is 6.61 Å². The number of hydrogen-bond acceptors (Lipinski definition) is 4. The van der Waals surface area contributed by atoms with Crippen LogP contribution in [0, 0.1) is 35.0 Å². The average Bonchev–Trinajstić information content (AvgIpc) is 3.00. The van der Waals surface area contributed by atoms with Crippen LogP contribution < -0.4 is 0 Å². The number of fused-ring (bicyclic) bond motifs is 5. The molecule has 24 heavy (non-hydrogen) atoms. The Bertz CT molecular complexity index is 675. The molecule has 3 N–H and O–H groups in total. The van der Waals surface area contributed by atoms with E-state index in [1.807, 2.05) is 13.0 Å². The third kappa shape index (κ3) is 1.72. The zero-order chi connectivity index (χ0) is 17.7. The molecule has 4 aliphatic rings. The van der Waals surface area contributed by atoms with E-state index in [1.54, 1.807) is 13.0 Å². The van der Waals surface area contributed by atoms with Gasteiger partial charge in [-0.2, -0.15) is 0 Å². The summed E-state index contributed by atoms with van der Waals surface area (Å²) in [7, 11) is 0. The molecule has 0 aromatic carbocycles. The lowest BCUT2D eigenvalue weighted by atomic mass is 9.60. The van der Waals surface area contributed by atoms with Gasteiger partial charge in [-0.3, -0.25) is 4.79 Å². The molecule has 2 saturated carbocycles. The van der Waals surface area contributed by atoms with E-state index in [0.717, 1.165) is 6.42 Å². The molecule has 4 heteroatoms. The highest BCUT2D eigenvalue weighted by Gasteiger charge is 2.73. The van der Waals surface area contributed by atoms with Crippen LogP contribution in [0.25, 0.3) is 0 Å². The summed E-state index contributed by atoms with van der Waals surface area (Å²) in [5, 5.41) is 32.9.